The van der Waals surface area contributed by atoms with Gasteiger partial charge in [-0.3, -0.25) is 19.1 Å². The predicted octanol–water partition coefficient (Wildman–Crippen LogP) is 0.296. The third-order valence-corrected chi connectivity index (χ3v) is 4.49. The van der Waals surface area contributed by atoms with Gasteiger partial charge in [-0.25, -0.2) is 4.98 Å². The van der Waals surface area contributed by atoms with Gasteiger partial charge in [0.25, 0.3) is 5.91 Å². The summed E-state index contributed by atoms with van der Waals surface area (Å²) in [5.74, 6) is 0.896. The summed E-state index contributed by atoms with van der Waals surface area (Å²) < 4.78 is 5.61. The van der Waals surface area contributed by atoms with Gasteiger partial charge < -0.3 is 9.88 Å². The van der Waals surface area contributed by atoms with Crippen molar-refractivity contribution in [2.45, 2.75) is 26.2 Å². The largest absolute Gasteiger partial charge is 0.346 e. The van der Waals surface area contributed by atoms with E-state index in [0.29, 0.717) is 12.1 Å². The number of hydrogen-bond acceptors (Lipinski definition) is 5. The van der Waals surface area contributed by atoms with Crippen LogP contribution in [-0.2, 0) is 40.3 Å². The van der Waals surface area contributed by atoms with Crippen LogP contribution in [-0.4, -0.2) is 46.5 Å². The fourth-order valence-corrected chi connectivity index (χ4v) is 3.20. The second-order valence-corrected chi connectivity index (χ2v) is 6.66. The van der Waals surface area contributed by atoms with Gasteiger partial charge in [-0.2, -0.15) is 10.2 Å². The molecule has 1 aliphatic heterocycles. The Hall–Kier alpha value is -2.94. The van der Waals surface area contributed by atoms with Crippen LogP contribution in [0.2, 0.25) is 0 Å². The maximum absolute atomic E-state index is 12.1. The summed E-state index contributed by atoms with van der Waals surface area (Å²) in [4.78, 5) is 19.2. The van der Waals surface area contributed by atoms with Crippen molar-refractivity contribution in [3.05, 3.63) is 53.6 Å². The van der Waals surface area contributed by atoms with Gasteiger partial charge in [0.15, 0.2) is 0 Å². The quantitative estimate of drug-likeness (QED) is 0.712. The van der Waals surface area contributed by atoms with E-state index in [9.17, 15) is 4.79 Å². The molecule has 0 aliphatic carbocycles. The first kappa shape index (κ1) is 16.5. The molecule has 136 valence electrons. The summed E-state index contributed by atoms with van der Waals surface area (Å²) in [6.45, 7) is 3.95. The van der Waals surface area contributed by atoms with Crippen molar-refractivity contribution < 1.29 is 4.79 Å². The number of amides is 1. The van der Waals surface area contributed by atoms with E-state index in [1.807, 2.05) is 30.3 Å². The van der Waals surface area contributed by atoms with Crippen LogP contribution in [0, 0.1) is 0 Å². The van der Waals surface area contributed by atoms with Crippen LogP contribution in [0.1, 0.15) is 27.4 Å². The zero-order chi connectivity index (χ0) is 18.1. The lowest BCUT2D eigenvalue weighted by Gasteiger charge is -2.26. The van der Waals surface area contributed by atoms with Crippen LogP contribution in [0.3, 0.4) is 0 Å². The second kappa shape index (κ2) is 6.75. The van der Waals surface area contributed by atoms with Crippen molar-refractivity contribution in [1.82, 2.24) is 39.3 Å². The third kappa shape index (κ3) is 3.52. The molecule has 26 heavy (non-hydrogen) atoms. The van der Waals surface area contributed by atoms with E-state index in [1.165, 1.54) is 5.56 Å². The van der Waals surface area contributed by atoms with E-state index >= 15 is 0 Å². The molecule has 1 N–H and O–H groups in total. The number of fused-ring (bicyclic) bond motifs is 1. The predicted molar refractivity (Wildman–Crippen MR) is 93.9 cm³/mol. The molecule has 0 spiro atoms. The van der Waals surface area contributed by atoms with Gasteiger partial charge in [0.1, 0.15) is 5.82 Å². The normalized spacial score (nSPS) is 14.4. The van der Waals surface area contributed by atoms with Crippen molar-refractivity contribution in [2.24, 2.45) is 14.1 Å². The van der Waals surface area contributed by atoms with Crippen molar-refractivity contribution in [3.8, 4) is 0 Å². The van der Waals surface area contributed by atoms with Crippen molar-refractivity contribution in [3.63, 3.8) is 0 Å². The topological polar surface area (TPSA) is 85.8 Å². The Bertz CT molecular complexity index is 921. The Morgan fingerprint density at radius 1 is 1.12 bits per heavy atom. The number of nitrogens with one attached hydrogen (secondary N) is 1. The van der Waals surface area contributed by atoms with Gasteiger partial charge in [-0.1, -0.05) is 0 Å². The maximum Gasteiger partial charge on any atom is 0.254 e. The van der Waals surface area contributed by atoms with Gasteiger partial charge in [0.2, 0.25) is 0 Å². The minimum Gasteiger partial charge on any atom is -0.346 e. The Morgan fingerprint density at radius 2 is 1.92 bits per heavy atom. The Balaban J connectivity index is 1.35. The summed E-state index contributed by atoms with van der Waals surface area (Å²) in [6.07, 6.45) is 9.23. The molecular formula is C17H22N8O. The van der Waals surface area contributed by atoms with Crippen LogP contribution in [0.25, 0.3) is 0 Å². The zero-order valence-electron chi connectivity index (χ0n) is 15.0. The van der Waals surface area contributed by atoms with Crippen molar-refractivity contribution in [1.29, 1.82) is 0 Å². The average Bonchev–Trinajstić information content (AvgIpc) is 3.32. The highest BCUT2D eigenvalue weighted by atomic mass is 16.1. The molecule has 1 amide bonds. The minimum absolute atomic E-state index is 0.137. The number of hydrogen-bond donors (Lipinski definition) is 1. The number of aryl methyl sites for hydroxylation is 2. The van der Waals surface area contributed by atoms with E-state index < -0.39 is 0 Å². The SMILES string of the molecule is Cn1cc(CN2CCn3cc(CNC(=O)c4cnn(C)c4)nc3C2)cn1. The maximum atomic E-state index is 12.1. The van der Waals surface area contributed by atoms with Gasteiger partial charge in [-0.15, -0.1) is 0 Å². The van der Waals surface area contributed by atoms with Crippen LogP contribution in [0.15, 0.2) is 31.0 Å². The molecule has 4 rings (SSSR count). The number of nitrogens with zero attached hydrogens (tertiary/aromatic N) is 7. The lowest BCUT2D eigenvalue weighted by molar-refractivity contribution is 0.0950. The number of aromatic nitrogens is 6. The van der Waals surface area contributed by atoms with Crippen LogP contribution < -0.4 is 5.32 Å². The molecule has 0 saturated carbocycles. The average molecular weight is 354 g/mol. The highest BCUT2D eigenvalue weighted by Crippen LogP contribution is 2.15. The number of imidazole rings is 1. The lowest BCUT2D eigenvalue weighted by Crippen LogP contribution is -2.33. The zero-order valence-corrected chi connectivity index (χ0v) is 15.0. The van der Waals surface area contributed by atoms with Gasteiger partial charge in [0.05, 0.1) is 36.7 Å². The van der Waals surface area contributed by atoms with E-state index in [2.05, 4.69) is 30.0 Å². The molecule has 1 aliphatic rings. The molecule has 0 radical (unpaired) electrons. The van der Waals surface area contributed by atoms with E-state index in [4.69, 9.17) is 0 Å². The summed E-state index contributed by atoms with van der Waals surface area (Å²) in [7, 11) is 3.72. The monoisotopic (exact) mass is 354 g/mol. The Kier molecular flexibility index (Phi) is 4.29. The molecular weight excluding hydrogens is 332 g/mol. The Labute approximate surface area is 151 Å². The van der Waals surface area contributed by atoms with Crippen molar-refractivity contribution in [2.75, 3.05) is 6.54 Å². The number of carbonyl (C=O) groups excluding carboxylic acids is 1. The third-order valence-electron chi connectivity index (χ3n) is 4.49. The lowest BCUT2D eigenvalue weighted by atomic mass is 10.3. The molecule has 9 heteroatoms. The van der Waals surface area contributed by atoms with Crippen LogP contribution >= 0.6 is 0 Å². The molecule has 0 saturated heterocycles. The first-order valence-corrected chi connectivity index (χ1v) is 8.58. The van der Waals surface area contributed by atoms with Crippen LogP contribution in [0.4, 0.5) is 0 Å². The first-order valence-electron chi connectivity index (χ1n) is 8.58. The second-order valence-electron chi connectivity index (χ2n) is 6.66. The van der Waals surface area contributed by atoms with Crippen molar-refractivity contribution >= 4 is 5.91 Å². The van der Waals surface area contributed by atoms with Gasteiger partial charge in [0, 0.05) is 57.9 Å². The molecule has 3 aromatic heterocycles. The number of carbonyl (C=O) groups is 1. The highest BCUT2D eigenvalue weighted by Gasteiger charge is 2.19. The van der Waals surface area contributed by atoms with E-state index in [-0.39, 0.29) is 5.91 Å². The minimum atomic E-state index is -0.137. The summed E-state index contributed by atoms with van der Waals surface area (Å²) in [6, 6.07) is 0. The molecule has 0 bridgehead atoms. The summed E-state index contributed by atoms with van der Waals surface area (Å²) in [5, 5.41) is 11.1. The summed E-state index contributed by atoms with van der Waals surface area (Å²) in [5.41, 5.74) is 2.64. The Morgan fingerprint density at radius 3 is 2.65 bits per heavy atom. The standard InChI is InChI=1S/C17H22N8O/c1-22-8-13(5-19-22)9-24-3-4-25-11-15(21-16(25)12-24)7-18-17(26)14-6-20-23(2)10-14/h5-6,8,10-11H,3-4,7,9,12H2,1-2H3,(H,18,26). The molecule has 0 fully saturated rings. The molecule has 3 aromatic rings. The van der Waals surface area contributed by atoms with Gasteiger partial charge >= 0.3 is 0 Å². The summed E-state index contributed by atoms with van der Waals surface area (Å²) >= 11 is 0. The molecule has 9 nitrogen and oxygen atoms in total. The number of rotatable bonds is 5. The molecule has 4 heterocycles. The molecule has 0 aromatic carbocycles. The van der Waals surface area contributed by atoms with Gasteiger partial charge in [-0.05, 0) is 0 Å². The molecule has 0 atom stereocenters. The first-order chi connectivity index (χ1) is 12.6. The highest BCUT2D eigenvalue weighted by molar-refractivity contribution is 5.93. The van der Waals surface area contributed by atoms with E-state index in [1.54, 1.807) is 24.1 Å². The fraction of sp³-hybridized carbons (Fsp3) is 0.412. The van der Waals surface area contributed by atoms with E-state index in [0.717, 1.165) is 37.7 Å². The fourth-order valence-electron chi connectivity index (χ4n) is 3.20. The van der Waals surface area contributed by atoms with Crippen LogP contribution in [0.5, 0.6) is 0 Å². The molecule has 0 unspecified atom stereocenters. The smallest absolute Gasteiger partial charge is 0.254 e.